The molecule has 0 amide bonds. The molecule has 0 bridgehead atoms. The van der Waals surface area contributed by atoms with E-state index in [9.17, 15) is 0 Å². The van der Waals surface area contributed by atoms with Gasteiger partial charge in [-0.3, -0.25) is 0 Å². The SMILES string of the molecule is CC(C)NCCc1ccc2c(c1)CCCN2C. The molecule has 1 aliphatic heterocycles. The number of hydrogen-bond acceptors (Lipinski definition) is 2. The lowest BCUT2D eigenvalue weighted by atomic mass is 9.98. The van der Waals surface area contributed by atoms with Crippen molar-refractivity contribution in [2.75, 3.05) is 25.0 Å². The van der Waals surface area contributed by atoms with Gasteiger partial charge < -0.3 is 10.2 Å². The lowest BCUT2D eigenvalue weighted by Crippen LogP contribution is -2.26. The van der Waals surface area contributed by atoms with E-state index in [1.807, 2.05) is 0 Å². The summed E-state index contributed by atoms with van der Waals surface area (Å²) in [4.78, 5) is 2.37. The van der Waals surface area contributed by atoms with E-state index >= 15 is 0 Å². The van der Waals surface area contributed by atoms with E-state index in [0.29, 0.717) is 6.04 Å². The average molecular weight is 232 g/mol. The third kappa shape index (κ3) is 3.22. The Labute approximate surface area is 105 Å². The third-order valence-electron chi connectivity index (χ3n) is 3.46. The predicted molar refractivity (Wildman–Crippen MR) is 74.9 cm³/mol. The van der Waals surface area contributed by atoms with Gasteiger partial charge in [-0.05, 0) is 43.0 Å². The van der Waals surface area contributed by atoms with Gasteiger partial charge in [-0.2, -0.15) is 0 Å². The Hall–Kier alpha value is -1.02. The molecular formula is C15H24N2. The Morgan fingerprint density at radius 3 is 2.94 bits per heavy atom. The third-order valence-corrected chi connectivity index (χ3v) is 3.46. The molecule has 0 aliphatic carbocycles. The molecule has 1 aliphatic rings. The summed E-state index contributed by atoms with van der Waals surface area (Å²) in [5, 5.41) is 3.47. The fourth-order valence-corrected chi connectivity index (χ4v) is 2.50. The van der Waals surface area contributed by atoms with E-state index < -0.39 is 0 Å². The van der Waals surface area contributed by atoms with Crippen molar-refractivity contribution in [2.45, 2.75) is 39.2 Å². The first-order valence-corrected chi connectivity index (χ1v) is 6.73. The standard InChI is InChI=1S/C15H24N2/c1-12(2)16-9-8-13-6-7-15-14(11-13)5-4-10-17(15)3/h6-7,11-12,16H,4-5,8-10H2,1-3H3. The van der Waals surface area contributed by atoms with Crippen molar-refractivity contribution in [1.29, 1.82) is 0 Å². The van der Waals surface area contributed by atoms with Crippen LogP contribution in [0.2, 0.25) is 0 Å². The molecule has 94 valence electrons. The van der Waals surface area contributed by atoms with Crippen molar-refractivity contribution < 1.29 is 0 Å². The summed E-state index contributed by atoms with van der Waals surface area (Å²) in [5.41, 5.74) is 4.42. The average Bonchev–Trinajstić information content (AvgIpc) is 2.29. The molecule has 1 aromatic carbocycles. The quantitative estimate of drug-likeness (QED) is 0.858. The number of nitrogens with one attached hydrogen (secondary N) is 1. The van der Waals surface area contributed by atoms with Crippen molar-refractivity contribution in [3.63, 3.8) is 0 Å². The molecule has 1 N–H and O–H groups in total. The van der Waals surface area contributed by atoms with E-state index in [1.165, 1.54) is 36.2 Å². The van der Waals surface area contributed by atoms with E-state index in [1.54, 1.807) is 0 Å². The topological polar surface area (TPSA) is 15.3 Å². The molecule has 0 saturated heterocycles. The van der Waals surface area contributed by atoms with Crippen LogP contribution in [0.3, 0.4) is 0 Å². The van der Waals surface area contributed by atoms with Crippen molar-refractivity contribution in [2.24, 2.45) is 0 Å². The van der Waals surface area contributed by atoms with Crippen LogP contribution in [0.25, 0.3) is 0 Å². The number of anilines is 1. The van der Waals surface area contributed by atoms with Gasteiger partial charge in [0.15, 0.2) is 0 Å². The van der Waals surface area contributed by atoms with Crippen LogP contribution >= 0.6 is 0 Å². The summed E-state index contributed by atoms with van der Waals surface area (Å²) < 4.78 is 0. The van der Waals surface area contributed by atoms with Gasteiger partial charge in [0, 0.05) is 25.3 Å². The zero-order valence-corrected chi connectivity index (χ0v) is 11.3. The van der Waals surface area contributed by atoms with Gasteiger partial charge in [0.05, 0.1) is 0 Å². The van der Waals surface area contributed by atoms with E-state index in [0.717, 1.165) is 13.0 Å². The lowest BCUT2D eigenvalue weighted by Gasteiger charge is -2.27. The zero-order chi connectivity index (χ0) is 12.3. The smallest absolute Gasteiger partial charge is 0.0396 e. The minimum atomic E-state index is 0.582. The highest BCUT2D eigenvalue weighted by molar-refractivity contribution is 5.56. The molecule has 0 spiro atoms. The molecular weight excluding hydrogens is 208 g/mol. The molecule has 2 nitrogen and oxygen atoms in total. The van der Waals surface area contributed by atoms with Crippen LogP contribution in [0.15, 0.2) is 18.2 Å². The second kappa shape index (κ2) is 5.54. The van der Waals surface area contributed by atoms with Crippen LogP contribution in [-0.2, 0) is 12.8 Å². The molecule has 2 rings (SSSR count). The molecule has 0 aromatic heterocycles. The highest BCUT2D eigenvalue weighted by Crippen LogP contribution is 2.26. The van der Waals surface area contributed by atoms with Crippen LogP contribution in [0, 0.1) is 0 Å². The minimum Gasteiger partial charge on any atom is -0.374 e. The van der Waals surface area contributed by atoms with Gasteiger partial charge in [0.25, 0.3) is 0 Å². The maximum absolute atomic E-state index is 3.47. The van der Waals surface area contributed by atoms with Crippen molar-refractivity contribution in [3.05, 3.63) is 29.3 Å². The second-order valence-electron chi connectivity index (χ2n) is 5.35. The summed E-state index contributed by atoms with van der Waals surface area (Å²) in [6.07, 6.45) is 3.66. The van der Waals surface area contributed by atoms with Crippen molar-refractivity contribution in [1.82, 2.24) is 5.32 Å². The van der Waals surface area contributed by atoms with Crippen LogP contribution in [0.5, 0.6) is 0 Å². The van der Waals surface area contributed by atoms with Crippen molar-refractivity contribution in [3.8, 4) is 0 Å². The van der Waals surface area contributed by atoms with Gasteiger partial charge >= 0.3 is 0 Å². The van der Waals surface area contributed by atoms with Crippen LogP contribution in [0.4, 0.5) is 5.69 Å². The Bertz CT molecular complexity index is 371. The maximum Gasteiger partial charge on any atom is 0.0396 e. The fourth-order valence-electron chi connectivity index (χ4n) is 2.50. The molecule has 1 heterocycles. The summed E-state index contributed by atoms with van der Waals surface area (Å²) in [6.45, 7) is 6.66. The fraction of sp³-hybridized carbons (Fsp3) is 0.600. The normalized spacial score (nSPS) is 15.2. The first-order valence-electron chi connectivity index (χ1n) is 6.73. The van der Waals surface area contributed by atoms with Gasteiger partial charge in [0.2, 0.25) is 0 Å². The van der Waals surface area contributed by atoms with E-state index in [2.05, 4.69) is 49.3 Å². The Kier molecular flexibility index (Phi) is 4.06. The number of rotatable bonds is 4. The molecule has 0 unspecified atom stereocenters. The summed E-state index contributed by atoms with van der Waals surface area (Å²) in [7, 11) is 2.19. The zero-order valence-electron chi connectivity index (χ0n) is 11.3. The summed E-state index contributed by atoms with van der Waals surface area (Å²) in [6, 6.07) is 7.55. The van der Waals surface area contributed by atoms with Crippen LogP contribution < -0.4 is 10.2 Å². The first-order chi connectivity index (χ1) is 8.16. The summed E-state index contributed by atoms with van der Waals surface area (Å²) >= 11 is 0. The number of hydrogen-bond donors (Lipinski definition) is 1. The molecule has 17 heavy (non-hydrogen) atoms. The highest BCUT2D eigenvalue weighted by atomic mass is 15.1. The molecule has 0 atom stereocenters. The van der Waals surface area contributed by atoms with Gasteiger partial charge in [0.1, 0.15) is 0 Å². The minimum absolute atomic E-state index is 0.582. The number of aryl methyl sites for hydroxylation is 1. The van der Waals surface area contributed by atoms with Crippen LogP contribution in [0.1, 0.15) is 31.4 Å². The Morgan fingerprint density at radius 2 is 2.18 bits per heavy atom. The summed E-state index contributed by atoms with van der Waals surface area (Å²) in [5.74, 6) is 0. The van der Waals surface area contributed by atoms with Crippen LogP contribution in [-0.4, -0.2) is 26.2 Å². The monoisotopic (exact) mass is 232 g/mol. The van der Waals surface area contributed by atoms with E-state index in [-0.39, 0.29) is 0 Å². The number of benzene rings is 1. The molecule has 1 aromatic rings. The van der Waals surface area contributed by atoms with Gasteiger partial charge in [-0.1, -0.05) is 26.0 Å². The Balaban J connectivity index is 2.01. The number of fused-ring (bicyclic) bond motifs is 1. The highest BCUT2D eigenvalue weighted by Gasteiger charge is 2.13. The first kappa shape index (κ1) is 12.4. The maximum atomic E-state index is 3.47. The Morgan fingerprint density at radius 1 is 1.35 bits per heavy atom. The molecule has 2 heteroatoms. The lowest BCUT2D eigenvalue weighted by molar-refractivity contribution is 0.590. The number of nitrogens with zero attached hydrogens (tertiary/aromatic N) is 1. The molecule has 0 saturated carbocycles. The second-order valence-corrected chi connectivity index (χ2v) is 5.35. The molecule has 0 fully saturated rings. The molecule has 0 radical (unpaired) electrons. The van der Waals surface area contributed by atoms with Gasteiger partial charge in [-0.25, -0.2) is 0 Å². The van der Waals surface area contributed by atoms with Crippen molar-refractivity contribution >= 4 is 5.69 Å². The van der Waals surface area contributed by atoms with Gasteiger partial charge in [-0.15, -0.1) is 0 Å². The van der Waals surface area contributed by atoms with E-state index in [4.69, 9.17) is 0 Å². The predicted octanol–water partition coefficient (Wildman–Crippen LogP) is 2.61. The largest absolute Gasteiger partial charge is 0.374 e.